The summed E-state index contributed by atoms with van der Waals surface area (Å²) in [6.07, 6.45) is 1.55. The zero-order valence-electron chi connectivity index (χ0n) is 9.31. The van der Waals surface area contributed by atoms with Crippen LogP contribution in [0.5, 0.6) is 0 Å². The molecule has 1 aliphatic rings. The van der Waals surface area contributed by atoms with E-state index in [0.717, 1.165) is 12.8 Å². The highest BCUT2D eigenvalue weighted by molar-refractivity contribution is 5.34. The molecule has 0 spiro atoms. The second kappa shape index (κ2) is 4.33. The van der Waals surface area contributed by atoms with E-state index >= 15 is 0 Å². The Hall–Kier alpha value is -0.860. The number of aliphatic hydroxyl groups excluding tert-OH is 1. The number of ether oxygens (including phenoxy) is 1. The zero-order chi connectivity index (χ0) is 10.8. The van der Waals surface area contributed by atoms with Gasteiger partial charge in [-0.3, -0.25) is 0 Å². The van der Waals surface area contributed by atoms with Gasteiger partial charge in [0.1, 0.15) is 0 Å². The highest BCUT2D eigenvalue weighted by Crippen LogP contribution is 2.40. The molecule has 1 N–H and O–H groups in total. The first-order valence-corrected chi connectivity index (χ1v) is 5.63. The van der Waals surface area contributed by atoms with Crippen LogP contribution in [0.2, 0.25) is 0 Å². The monoisotopic (exact) mass is 206 g/mol. The van der Waals surface area contributed by atoms with Crippen LogP contribution in [0.1, 0.15) is 37.5 Å². The average Bonchev–Trinajstić information content (AvgIpc) is 2.56. The van der Waals surface area contributed by atoms with Gasteiger partial charge in [-0.05, 0) is 30.4 Å². The second-order valence-electron chi connectivity index (χ2n) is 4.23. The molecule has 0 amide bonds. The Morgan fingerprint density at radius 1 is 1.47 bits per heavy atom. The van der Waals surface area contributed by atoms with Crippen molar-refractivity contribution in [2.24, 2.45) is 5.92 Å². The van der Waals surface area contributed by atoms with Crippen molar-refractivity contribution in [2.75, 3.05) is 0 Å². The standard InChI is InChI=1S/C13H18O2/c1-3-10-8-11-6-4-5-7-12(11)13(10)15-9(2)14/h4-7,9-10,13-14H,3,8H2,1-2H3/t9?,10-,13-/m1/s1. The van der Waals surface area contributed by atoms with E-state index < -0.39 is 6.29 Å². The molecule has 2 rings (SSSR count). The maximum atomic E-state index is 9.33. The Balaban J connectivity index is 2.25. The molecule has 2 heteroatoms. The van der Waals surface area contributed by atoms with Crippen LogP contribution in [0, 0.1) is 5.92 Å². The number of hydrogen-bond donors (Lipinski definition) is 1. The van der Waals surface area contributed by atoms with E-state index in [0.29, 0.717) is 5.92 Å². The Morgan fingerprint density at radius 2 is 2.20 bits per heavy atom. The number of aliphatic hydroxyl groups is 1. The van der Waals surface area contributed by atoms with Crippen LogP contribution < -0.4 is 0 Å². The Morgan fingerprint density at radius 3 is 2.87 bits per heavy atom. The van der Waals surface area contributed by atoms with Gasteiger partial charge in [0.15, 0.2) is 6.29 Å². The first-order valence-electron chi connectivity index (χ1n) is 5.63. The van der Waals surface area contributed by atoms with E-state index in [1.807, 2.05) is 6.07 Å². The van der Waals surface area contributed by atoms with E-state index in [-0.39, 0.29) is 6.10 Å². The summed E-state index contributed by atoms with van der Waals surface area (Å²) in [5, 5.41) is 9.33. The molecule has 0 saturated heterocycles. The smallest absolute Gasteiger partial charge is 0.152 e. The summed E-state index contributed by atoms with van der Waals surface area (Å²) in [6.45, 7) is 3.85. The van der Waals surface area contributed by atoms with Crippen LogP contribution in [-0.2, 0) is 11.2 Å². The van der Waals surface area contributed by atoms with E-state index in [1.165, 1.54) is 11.1 Å². The molecule has 1 aromatic rings. The highest BCUT2D eigenvalue weighted by Gasteiger charge is 2.32. The van der Waals surface area contributed by atoms with Gasteiger partial charge in [0.25, 0.3) is 0 Å². The third-order valence-corrected chi connectivity index (χ3v) is 3.14. The predicted molar refractivity (Wildman–Crippen MR) is 59.4 cm³/mol. The lowest BCUT2D eigenvalue weighted by atomic mass is 10.0. The molecule has 0 radical (unpaired) electrons. The Bertz CT molecular complexity index is 333. The number of hydrogen-bond acceptors (Lipinski definition) is 2. The lowest BCUT2D eigenvalue weighted by Gasteiger charge is -2.21. The quantitative estimate of drug-likeness (QED) is 0.770. The molecule has 0 bridgehead atoms. The Kier molecular flexibility index (Phi) is 3.08. The first kappa shape index (κ1) is 10.7. The third kappa shape index (κ3) is 2.06. The predicted octanol–water partition coefficient (Wildman–Crippen LogP) is 2.66. The summed E-state index contributed by atoms with van der Waals surface area (Å²) >= 11 is 0. The van der Waals surface area contributed by atoms with Crippen LogP contribution in [0.4, 0.5) is 0 Å². The Labute approximate surface area is 90.9 Å². The molecule has 1 aliphatic carbocycles. The van der Waals surface area contributed by atoms with Gasteiger partial charge in [-0.15, -0.1) is 0 Å². The van der Waals surface area contributed by atoms with Crippen molar-refractivity contribution in [3.8, 4) is 0 Å². The van der Waals surface area contributed by atoms with Gasteiger partial charge >= 0.3 is 0 Å². The van der Waals surface area contributed by atoms with Crippen molar-refractivity contribution in [2.45, 2.75) is 39.1 Å². The van der Waals surface area contributed by atoms with E-state index in [1.54, 1.807) is 6.92 Å². The van der Waals surface area contributed by atoms with Gasteiger partial charge in [0.2, 0.25) is 0 Å². The van der Waals surface area contributed by atoms with Crippen LogP contribution in [0.3, 0.4) is 0 Å². The fraction of sp³-hybridized carbons (Fsp3) is 0.538. The summed E-state index contributed by atoms with van der Waals surface area (Å²) in [6, 6.07) is 8.37. The van der Waals surface area contributed by atoms with Crippen LogP contribution in [0.25, 0.3) is 0 Å². The molecule has 0 aromatic heterocycles. The van der Waals surface area contributed by atoms with Crippen LogP contribution >= 0.6 is 0 Å². The lowest BCUT2D eigenvalue weighted by molar-refractivity contribution is -0.139. The summed E-state index contributed by atoms with van der Waals surface area (Å²) in [4.78, 5) is 0. The highest BCUT2D eigenvalue weighted by atomic mass is 16.6. The fourth-order valence-corrected chi connectivity index (χ4v) is 2.40. The van der Waals surface area contributed by atoms with Gasteiger partial charge in [-0.2, -0.15) is 0 Å². The van der Waals surface area contributed by atoms with Crippen molar-refractivity contribution in [1.29, 1.82) is 0 Å². The van der Waals surface area contributed by atoms with Crippen molar-refractivity contribution in [3.63, 3.8) is 0 Å². The van der Waals surface area contributed by atoms with Gasteiger partial charge in [-0.25, -0.2) is 0 Å². The van der Waals surface area contributed by atoms with Gasteiger partial charge in [0.05, 0.1) is 6.10 Å². The summed E-state index contributed by atoms with van der Waals surface area (Å²) in [7, 11) is 0. The average molecular weight is 206 g/mol. The molecule has 15 heavy (non-hydrogen) atoms. The molecule has 1 aromatic carbocycles. The van der Waals surface area contributed by atoms with Gasteiger partial charge in [0, 0.05) is 0 Å². The molecule has 0 heterocycles. The van der Waals surface area contributed by atoms with E-state index in [4.69, 9.17) is 4.74 Å². The van der Waals surface area contributed by atoms with Crippen molar-refractivity contribution in [3.05, 3.63) is 35.4 Å². The molecular formula is C13H18O2. The largest absolute Gasteiger partial charge is 0.368 e. The molecule has 82 valence electrons. The summed E-state index contributed by atoms with van der Waals surface area (Å²) < 4.78 is 5.60. The number of fused-ring (bicyclic) bond motifs is 1. The molecule has 0 fully saturated rings. The molecule has 1 unspecified atom stereocenters. The maximum Gasteiger partial charge on any atom is 0.152 e. The summed E-state index contributed by atoms with van der Waals surface area (Å²) in [5.41, 5.74) is 2.63. The van der Waals surface area contributed by atoms with E-state index in [2.05, 4.69) is 25.1 Å². The fourth-order valence-electron chi connectivity index (χ4n) is 2.40. The minimum absolute atomic E-state index is 0.0752. The minimum Gasteiger partial charge on any atom is -0.368 e. The topological polar surface area (TPSA) is 29.5 Å². The first-order chi connectivity index (χ1) is 7.22. The van der Waals surface area contributed by atoms with Crippen LogP contribution in [0.15, 0.2) is 24.3 Å². The van der Waals surface area contributed by atoms with Crippen molar-refractivity contribution in [1.82, 2.24) is 0 Å². The van der Waals surface area contributed by atoms with E-state index in [9.17, 15) is 5.11 Å². The second-order valence-corrected chi connectivity index (χ2v) is 4.23. The third-order valence-electron chi connectivity index (χ3n) is 3.14. The summed E-state index contributed by atoms with van der Waals surface area (Å²) in [5.74, 6) is 0.511. The molecular weight excluding hydrogens is 188 g/mol. The SMILES string of the molecule is CC[C@@H]1Cc2ccccc2[C@@H]1OC(C)O. The normalized spacial score (nSPS) is 26.3. The molecule has 0 aliphatic heterocycles. The molecule has 2 nitrogen and oxygen atoms in total. The van der Waals surface area contributed by atoms with Gasteiger partial charge in [-0.1, -0.05) is 37.6 Å². The van der Waals surface area contributed by atoms with Crippen molar-refractivity contribution >= 4 is 0 Å². The van der Waals surface area contributed by atoms with Crippen LogP contribution in [-0.4, -0.2) is 11.4 Å². The molecule has 3 atom stereocenters. The van der Waals surface area contributed by atoms with Gasteiger partial charge < -0.3 is 9.84 Å². The maximum absolute atomic E-state index is 9.33. The molecule has 0 saturated carbocycles. The lowest BCUT2D eigenvalue weighted by Crippen LogP contribution is -2.16. The van der Waals surface area contributed by atoms with Crippen molar-refractivity contribution < 1.29 is 9.84 Å². The zero-order valence-corrected chi connectivity index (χ0v) is 9.31. The number of benzene rings is 1. The number of rotatable bonds is 3. The minimum atomic E-state index is -0.685.